The molecule has 0 aliphatic heterocycles. The van der Waals surface area contributed by atoms with Gasteiger partial charge in [0.25, 0.3) is 0 Å². The number of allylic oxidation sites excluding steroid dienone is 4. The summed E-state index contributed by atoms with van der Waals surface area (Å²) >= 11 is 0. The van der Waals surface area contributed by atoms with Crippen LogP contribution in [-0.2, 0) is 0 Å². The second-order valence-corrected chi connectivity index (χ2v) is 8.67. The van der Waals surface area contributed by atoms with Gasteiger partial charge in [0.2, 0.25) is 0 Å². The molecule has 3 aromatic carbocycles. The van der Waals surface area contributed by atoms with Crippen molar-refractivity contribution in [1.29, 1.82) is 0 Å². The smallest absolute Gasteiger partial charge is 0.196 e. The molecule has 0 radical (unpaired) electrons. The minimum atomic E-state index is -0.466. The molecule has 0 amide bonds. The van der Waals surface area contributed by atoms with Gasteiger partial charge in [0.15, 0.2) is 23.1 Å². The second kappa shape index (κ2) is 6.48. The average Bonchev–Trinajstić information content (AvgIpc) is 2.88. The number of carbonyl (C=O) groups is 4. The number of benzene rings is 3. The predicted octanol–water partition coefficient (Wildman–Crippen LogP) is 4.44. The Balaban J connectivity index is 1.52. The zero-order valence-corrected chi connectivity index (χ0v) is 17.7. The number of hydrogen-bond acceptors (Lipinski definition) is 6. The third-order valence-corrected chi connectivity index (χ3v) is 6.90. The van der Waals surface area contributed by atoms with Gasteiger partial charge in [-0.1, -0.05) is 42.5 Å². The van der Waals surface area contributed by atoms with E-state index < -0.39 is 5.92 Å². The summed E-state index contributed by atoms with van der Waals surface area (Å²) in [6.45, 7) is 0. The summed E-state index contributed by atoms with van der Waals surface area (Å²) in [5.74, 6) is -1.30. The van der Waals surface area contributed by atoms with E-state index in [9.17, 15) is 19.2 Å². The largest absolute Gasteiger partial charge is 0.293 e. The topological polar surface area (TPSA) is 94.1 Å². The van der Waals surface area contributed by atoms with Crippen LogP contribution in [0.1, 0.15) is 59.0 Å². The average molecular weight is 442 g/mol. The van der Waals surface area contributed by atoms with Crippen LogP contribution in [0.5, 0.6) is 0 Å². The van der Waals surface area contributed by atoms with Crippen LogP contribution in [-0.4, -0.2) is 33.1 Å². The normalized spacial score (nSPS) is 18.5. The lowest BCUT2D eigenvalue weighted by Crippen LogP contribution is -2.31. The van der Waals surface area contributed by atoms with E-state index in [-0.39, 0.29) is 39.8 Å². The Morgan fingerprint density at radius 3 is 1.97 bits per heavy atom. The highest BCUT2D eigenvalue weighted by Gasteiger charge is 2.39. The lowest BCUT2D eigenvalue weighted by molar-refractivity contribution is 0.0883. The van der Waals surface area contributed by atoms with Crippen LogP contribution >= 0.6 is 0 Å². The molecule has 0 saturated heterocycles. The van der Waals surface area contributed by atoms with Gasteiger partial charge in [-0.15, -0.1) is 0 Å². The van der Waals surface area contributed by atoms with Crippen molar-refractivity contribution < 1.29 is 19.2 Å². The molecule has 1 unspecified atom stereocenters. The Morgan fingerprint density at radius 2 is 1.26 bits per heavy atom. The van der Waals surface area contributed by atoms with Crippen molar-refractivity contribution in [2.24, 2.45) is 5.92 Å². The molecule has 0 fully saturated rings. The standard InChI is InChI=1S/C28H14N2O4/c31-25-13-5-1-3-7-15(13)27(33)21-17(25)9-11-19-23(21)29-20-12-10-18-22(24(20)30-19)28(34)16-8-4-2-6-14(16)26(18)32/h1-5,7-12,14H,6H2. The SMILES string of the molecule is O=C1c2ccccc2C(=O)c2c1ccc1nc3c4c(ccc3nc21)C(=O)C1CC=CC=C1C4=O. The Morgan fingerprint density at radius 1 is 0.647 bits per heavy atom. The number of Topliss-reactive ketones (excluding diaryl/α,β-unsaturated/α-hetero) is 2. The summed E-state index contributed by atoms with van der Waals surface area (Å²) in [4.78, 5) is 62.3. The summed E-state index contributed by atoms with van der Waals surface area (Å²) in [7, 11) is 0. The summed E-state index contributed by atoms with van der Waals surface area (Å²) in [6.07, 6.45) is 5.88. The number of hydrogen-bond donors (Lipinski definition) is 0. The zero-order chi connectivity index (χ0) is 23.1. The molecule has 1 atom stereocenters. The molecule has 3 aliphatic carbocycles. The number of ketones is 4. The van der Waals surface area contributed by atoms with Crippen molar-refractivity contribution >= 4 is 45.2 Å². The first-order chi connectivity index (χ1) is 16.5. The van der Waals surface area contributed by atoms with Gasteiger partial charge in [-0.2, -0.15) is 0 Å². The van der Waals surface area contributed by atoms with E-state index in [1.54, 1.807) is 60.7 Å². The number of aromatic nitrogens is 2. The van der Waals surface area contributed by atoms with Crippen LogP contribution in [0.3, 0.4) is 0 Å². The van der Waals surface area contributed by atoms with Crippen molar-refractivity contribution in [2.75, 3.05) is 0 Å². The molecule has 1 heterocycles. The van der Waals surface area contributed by atoms with Crippen molar-refractivity contribution in [3.05, 3.63) is 106 Å². The molecule has 6 nitrogen and oxygen atoms in total. The molecule has 0 spiro atoms. The molecule has 6 heteroatoms. The van der Waals surface area contributed by atoms with Crippen molar-refractivity contribution in [2.45, 2.75) is 6.42 Å². The first kappa shape index (κ1) is 18.9. The fourth-order valence-corrected chi connectivity index (χ4v) is 5.26. The molecule has 4 aromatic rings. The highest BCUT2D eigenvalue weighted by molar-refractivity contribution is 6.32. The van der Waals surface area contributed by atoms with Gasteiger partial charge in [0.1, 0.15) is 11.0 Å². The third kappa shape index (κ3) is 2.29. The maximum atomic E-state index is 13.4. The van der Waals surface area contributed by atoms with Crippen LogP contribution in [0, 0.1) is 5.92 Å². The molecule has 0 N–H and O–H groups in total. The molecular formula is C28H14N2O4. The van der Waals surface area contributed by atoms with Gasteiger partial charge >= 0.3 is 0 Å². The van der Waals surface area contributed by atoms with Gasteiger partial charge in [-0.3, -0.25) is 19.2 Å². The van der Waals surface area contributed by atoms with Crippen LogP contribution in [0.2, 0.25) is 0 Å². The number of nitrogens with zero attached hydrogens (tertiary/aromatic N) is 2. The Bertz CT molecular complexity index is 1760. The zero-order valence-electron chi connectivity index (χ0n) is 17.7. The van der Waals surface area contributed by atoms with E-state index >= 15 is 0 Å². The van der Waals surface area contributed by atoms with E-state index in [0.29, 0.717) is 50.8 Å². The van der Waals surface area contributed by atoms with Crippen LogP contribution in [0.15, 0.2) is 72.3 Å². The summed E-state index contributed by atoms with van der Waals surface area (Å²) in [5.41, 5.74) is 3.70. The number of rotatable bonds is 0. The molecule has 0 saturated carbocycles. The number of fused-ring (bicyclic) bond motifs is 8. The maximum absolute atomic E-state index is 13.4. The molecule has 160 valence electrons. The van der Waals surface area contributed by atoms with Gasteiger partial charge in [-0.25, -0.2) is 9.97 Å². The van der Waals surface area contributed by atoms with Gasteiger partial charge in [0.05, 0.1) is 28.1 Å². The monoisotopic (exact) mass is 442 g/mol. The third-order valence-electron chi connectivity index (χ3n) is 6.90. The van der Waals surface area contributed by atoms with Gasteiger partial charge in [0, 0.05) is 27.8 Å². The Hall–Kier alpha value is -4.58. The predicted molar refractivity (Wildman–Crippen MR) is 124 cm³/mol. The van der Waals surface area contributed by atoms with Crippen molar-refractivity contribution in [3.8, 4) is 0 Å². The second-order valence-electron chi connectivity index (χ2n) is 8.67. The highest BCUT2D eigenvalue weighted by Crippen LogP contribution is 2.38. The number of carbonyl (C=O) groups excluding carboxylic acids is 4. The van der Waals surface area contributed by atoms with Crippen LogP contribution in [0.4, 0.5) is 0 Å². The first-order valence-electron chi connectivity index (χ1n) is 11.0. The molecule has 7 rings (SSSR count). The highest BCUT2D eigenvalue weighted by atomic mass is 16.1. The van der Waals surface area contributed by atoms with E-state index in [0.717, 1.165) is 0 Å². The molecule has 1 aromatic heterocycles. The quantitative estimate of drug-likeness (QED) is 0.329. The molecular weight excluding hydrogens is 428 g/mol. The molecule has 34 heavy (non-hydrogen) atoms. The summed E-state index contributed by atoms with van der Waals surface area (Å²) < 4.78 is 0. The van der Waals surface area contributed by atoms with Gasteiger partial charge in [-0.05, 0) is 30.7 Å². The van der Waals surface area contributed by atoms with Crippen LogP contribution in [0.25, 0.3) is 22.1 Å². The molecule has 0 bridgehead atoms. The maximum Gasteiger partial charge on any atom is 0.196 e. The molecule has 3 aliphatic rings. The van der Waals surface area contributed by atoms with Crippen molar-refractivity contribution in [3.63, 3.8) is 0 Å². The minimum Gasteiger partial charge on any atom is -0.293 e. The summed E-state index contributed by atoms with van der Waals surface area (Å²) in [6, 6.07) is 13.2. The Labute approximate surface area is 192 Å². The fraction of sp³-hybridized carbons (Fsp3) is 0.0714. The first-order valence-corrected chi connectivity index (χ1v) is 11.0. The Kier molecular flexibility index (Phi) is 3.61. The van der Waals surface area contributed by atoms with E-state index in [1.165, 1.54) is 0 Å². The minimum absolute atomic E-state index is 0.100. The lowest BCUT2D eigenvalue weighted by Gasteiger charge is -2.26. The van der Waals surface area contributed by atoms with E-state index in [4.69, 9.17) is 4.98 Å². The van der Waals surface area contributed by atoms with Crippen LogP contribution < -0.4 is 0 Å². The van der Waals surface area contributed by atoms with E-state index in [1.807, 2.05) is 6.08 Å². The van der Waals surface area contributed by atoms with Gasteiger partial charge < -0.3 is 0 Å². The van der Waals surface area contributed by atoms with E-state index in [2.05, 4.69) is 4.98 Å². The summed E-state index contributed by atoms with van der Waals surface area (Å²) in [5, 5.41) is 0. The fourth-order valence-electron chi connectivity index (χ4n) is 5.26. The lowest BCUT2D eigenvalue weighted by atomic mass is 9.74. The van der Waals surface area contributed by atoms with Crippen molar-refractivity contribution in [1.82, 2.24) is 9.97 Å².